The normalized spacial score (nSPS) is 13.2. The highest BCUT2D eigenvalue weighted by atomic mass is 79.9. The van der Waals surface area contributed by atoms with Crippen LogP contribution < -0.4 is 5.32 Å². The Morgan fingerprint density at radius 3 is 1.72 bits per heavy atom. The van der Waals surface area contributed by atoms with Crippen molar-refractivity contribution in [3.63, 3.8) is 0 Å². The molecule has 4 aromatic carbocycles. The van der Waals surface area contributed by atoms with Crippen molar-refractivity contribution >= 4 is 80.4 Å². The second-order valence-corrected chi connectivity index (χ2v) is 15.8. The summed E-state index contributed by atoms with van der Waals surface area (Å²) < 4.78 is 70.8. The second-order valence-electron chi connectivity index (χ2n) is 11.1. The molecule has 1 aliphatic carbocycles. The minimum atomic E-state index is -4.94. The van der Waals surface area contributed by atoms with Gasteiger partial charge in [-0.2, -0.15) is 16.8 Å². The number of anilines is 2. The lowest BCUT2D eigenvalue weighted by atomic mass is 9.90. The molecule has 0 atom stereocenters. The van der Waals surface area contributed by atoms with Gasteiger partial charge in [0.05, 0.1) is 16.3 Å². The van der Waals surface area contributed by atoms with E-state index < -0.39 is 30.0 Å². The van der Waals surface area contributed by atoms with Gasteiger partial charge in [0.2, 0.25) is 0 Å². The maximum absolute atomic E-state index is 12.6. The third kappa shape index (κ3) is 7.91. The van der Waals surface area contributed by atoms with Crippen molar-refractivity contribution in [1.29, 1.82) is 0 Å². The van der Waals surface area contributed by atoms with E-state index in [0.717, 1.165) is 60.4 Å². The molecule has 0 bridgehead atoms. The average Bonchev–Trinajstić information content (AvgIpc) is 2.97. The standard InChI is InChI=1S/C35H30Br2N2O6S2/c1-20-15-26(36)16-21(2)34(20)38-28-9-5-24(6-10-28)33(31-14-13-30(46(40,41)42)19-32(31)47(43,44)45)25-7-11-29(12-8-25)39-35-22(3)17-27(37)18-23(35)4/h5-19,38H,1-4H3,(H,40,41,42)(H,43,44,45). The monoisotopic (exact) mass is 796 g/mol. The van der Waals surface area contributed by atoms with Crippen molar-refractivity contribution in [2.75, 3.05) is 5.32 Å². The summed E-state index contributed by atoms with van der Waals surface area (Å²) in [6, 6.07) is 18.4. The fraction of sp³-hybridized carbons (Fsp3) is 0.114. The molecule has 4 aromatic rings. The van der Waals surface area contributed by atoms with Gasteiger partial charge in [0.1, 0.15) is 4.90 Å². The Balaban J connectivity index is 1.65. The van der Waals surface area contributed by atoms with Crippen LogP contribution in [0.1, 0.15) is 33.4 Å². The average molecular weight is 799 g/mol. The van der Waals surface area contributed by atoms with E-state index in [4.69, 9.17) is 4.99 Å². The molecule has 0 amide bonds. The third-order valence-corrected chi connectivity index (χ3v) is 10.3. The smallest absolute Gasteiger partial charge is 0.295 e. The Kier molecular flexibility index (Phi) is 9.93. The van der Waals surface area contributed by atoms with Crippen LogP contribution in [0.15, 0.2) is 120 Å². The van der Waals surface area contributed by atoms with E-state index in [0.29, 0.717) is 22.4 Å². The molecule has 0 spiro atoms. The SMILES string of the molecule is Cc1cc(Br)cc(C)c1N=C1C=CC(=C(c2ccc(Nc3c(C)cc(Br)cc3C)cc2)c2ccc(S(=O)(=O)O)cc2S(=O)(=O)O)C=C1. The molecular formula is C35H30Br2N2O6S2. The van der Waals surface area contributed by atoms with E-state index in [1.807, 2.05) is 64.1 Å². The molecule has 1 aliphatic rings. The fourth-order valence-corrected chi connectivity index (χ4v) is 8.12. The Labute approximate surface area is 291 Å². The van der Waals surface area contributed by atoms with Crippen LogP contribution in [0.4, 0.5) is 17.1 Å². The van der Waals surface area contributed by atoms with E-state index in [9.17, 15) is 25.9 Å². The van der Waals surface area contributed by atoms with Crippen LogP contribution in [0.5, 0.6) is 0 Å². The summed E-state index contributed by atoms with van der Waals surface area (Å²) in [7, 11) is -9.70. The van der Waals surface area contributed by atoms with Crippen LogP contribution in [-0.2, 0) is 20.2 Å². The first kappa shape index (κ1) is 34.7. The highest BCUT2D eigenvalue weighted by molar-refractivity contribution is 9.10. The zero-order chi connectivity index (χ0) is 34.3. The first-order chi connectivity index (χ1) is 22.0. The molecule has 12 heteroatoms. The van der Waals surface area contributed by atoms with Gasteiger partial charge in [-0.1, -0.05) is 62.2 Å². The molecule has 0 saturated carbocycles. The largest absolute Gasteiger partial charge is 0.355 e. The molecular weight excluding hydrogens is 768 g/mol. The molecule has 0 aromatic heterocycles. The number of hydrogen-bond acceptors (Lipinski definition) is 6. The first-order valence-electron chi connectivity index (χ1n) is 14.2. The van der Waals surface area contributed by atoms with E-state index in [1.165, 1.54) is 6.07 Å². The van der Waals surface area contributed by atoms with E-state index in [2.05, 4.69) is 37.2 Å². The molecule has 0 fully saturated rings. The number of aryl methyl sites for hydroxylation is 4. The van der Waals surface area contributed by atoms with E-state index in [-0.39, 0.29) is 5.56 Å². The highest BCUT2D eigenvalue weighted by Gasteiger charge is 2.24. The summed E-state index contributed by atoms with van der Waals surface area (Å²) in [5.74, 6) is 0. The molecule has 242 valence electrons. The summed E-state index contributed by atoms with van der Waals surface area (Å²) in [5, 5.41) is 3.44. The molecule has 3 N–H and O–H groups in total. The van der Waals surface area contributed by atoms with Gasteiger partial charge in [-0.25, -0.2) is 4.99 Å². The molecule has 5 rings (SSSR count). The lowest BCUT2D eigenvalue weighted by Gasteiger charge is -2.18. The van der Waals surface area contributed by atoms with Gasteiger partial charge in [0.15, 0.2) is 0 Å². The van der Waals surface area contributed by atoms with Gasteiger partial charge in [0.25, 0.3) is 20.2 Å². The van der Waals surface area contributed by atoms with E-state index in [1.54, 1.807) is 36.4 Å². The van der Waals surface area contributed by atoms with Crippen LogP contribution in [0.2, 0.25) is 0 Å². The number of benzene rings is 4. The van der Waals surface area contributed by atoms with Gasteiger partial charge >= 0.3 is 0 Å². The number of hydrogen-bond donors (Lipinski definition) is 3. The molecule has 0 saturated heterocycles. The van der Waals surface area contributed by atoms with E-state index >= 15 is 0 Å². The minimum absolute atomic E-state index is 0.0458. The van der Waals surface area contributed by atoms with Gasteiger partial charge in [-0.3, -0.25) is 9.11 Å². The van der Waals surface area contributed by atoms with Crippen LogP contribution >= 0.6 is 31.9 Å². The van der Waals surface area contributed by atoms with Crippen LogP contribution in [-0.4, -0.2) is 31.7 Å². The van der Waals surface area contributed by atoms with Crippen molar-refractivity contribution in [3.05, 3.63) is 139 Å². The maximum Gasteiger partial charge on any atom is 0.295 e. The minimum Gasteiger partial charge on any atom is -0.355 e. The zero-order valence-corrected chi connectivity index (χ0v) is 30.5. The fourth-order valence-electron chi connectivity index (χ4n) is 5.44. The first-order valence-corrected chi connectivity index (χ1v) is 18.7. The van der Waals surface area contributed by atoms with Crippen molar-refractivity contribution in [1.82, 2.24) is 0 Å². The summed E-state index contributed by atoms with van der Waals surface area (Å²) in [6.45, 7) is 7.95. The number of allylic oxidation sites excluding steroid dienone is 5. The van der Waals surface area contributed by atoms with Gasteiger partial charge in [0, 0.05) is 25.9 Å². The predicted molar refractivity (Wildman–Crippen MR) is 194 cm³/mol. The van der Waals surface area contributed by atoms with Crippen LogP contribution in [0.3, 0.4) is 0 Å². The number of halogens is 2. The van der Waals surface area contributed by atoms with Gasteiger partial charge in [-0.05, 0) is 127 Å². The van der Waals surface area contributed by atoms with Crippen molar-refractivity contribution in [3.8, 4) is 0 Å². The Morgan fingerprint density at radius 2 is 1.21 bits per heavy atom. The zero-order valence-electron chi connectivity index (χ0n) is 25.7. The maximum atomic E-state index is 12.6. The number of nitrogens with one attached hydrogen (secondary N) is 1. The summed E-state index contributed by atoms with van der Waals surface area (Å²) >= 11 is 7.03. The molecule has 47 heavy (non-hydrogen) atoms. The summed E-state index contributed by atoms with van der Waals surface area (Å²) in [6.07, 6.45) is 7.15. The quantitative estimate of drug-likeness (QED) is 0.159. The van der Waals surface area contributed by atoms with Crippen LogP contribution in [0.25, 0.3) is 5.57 Å². The van der Waals surface area contributed by atoms with Crippen molar-refractivity contribution in [2.45, 2.75) is 37.5 Å². The number of nitrogens with zero attached hydrogens (tertiary/aromatic N) is 1. The molecule has 8 nitrogen and oxygen atoms in total. The Hall–Kier alpha value is -3.65. The second kappa shape index (κ2) is 13.5. The van der Waals surface area contributed by atoms with Crippen LogP contribution in [0, 0.1) is 27.7 Å². The van der Waals surface area contributed by atoms with Gasteiger partial charge < -0.3 is 5.32 Å². The lowest BCUT2D eigenvalue weighted by Crippen LogP contribution is -2.08. The Bertz CT molecular complexity index is 2210. The van der Waals surface area contributed by atoms with Crippen molar-refractivity contribution < 1.29 is 25.9 Å². The van der Waals surface area contributed by atoms with Crippen molar-refractivity contribution in [2.24, 2.45) is 4.99 Å². The third-order valence-electron chi connectivity index (χ3n) is 7.59. The summed E-state index contributed by atoms with van der Waals surface area (Å²) in [5.41, 5.74) is 8.94. The molecule has 0 unspecified atom stereocenters. The highest BCUT2D eigenvalue weighted by Crippen LogP contribution is 2.37. The number of aliphatic imine (C=N–C) groups is 1. The summed E-state index contributed by atoms with van der Waals surface area (Å²) in [4.78, 5) is 3.49. The topological polar surface area (TPSA) is 133 Å². The van der Waals surface area contributed by atoms with Gasteiger partial charge in [-0.15, -0.1) is 0 Å². The molecule has 0 aliphatic heterocycles. The number of rotatable bonds is 7. The Morgan fingerprint density at radius 1 is 0.681 bits per heavy atom. The molecule has 0 radical (unpaired) electrons. The molecule has 0 heterocycles. The predicted octanol–water partition coefficient (Wildman–Crippen LogP) is 9.38. The lowest BCUT2D eigenvalue weighted by molar-refractivity contribution is 0.481.